The van der Waals surface area contributed by atoms with Crippen LogP contribution >= 0.6 is 11.8 Å². The van der Waals surface area contributed by atoms with Gasteiger partial charge >= 0.3 is 0 Å². The molecule has 4 rings (SSSR count). The van der Waals surface area contributed by atoms with Crippen LogP contribution in [0.5, 0.6) is 17.2 Å². The molecule has 1 amide bonds. The van der Waals surface area contributed by atoms with Crippen LogP contribution in [0.1, 0.15) is 31.2 Å². The van der Waals surface area contributed by atoms with E-state index in [2.05, 4.69) is 11.1 Å². The van der Waals surface area contributed by atoms with E-state index in [0.717, 1.165) is 30.5 Å². The van der Waals surface area contributed by atoms with E-state index in [1.54, 1.807) is 38.0 Å². The van der Waals surface area contributed by atoms with Gasteiger partial charge in [0, 0.05) is 22.4 Å². The largest absolute Gasteiger partial charge is 0.493 e. The van der Waals surface area contributed by atoms with Crippen LogP contribution in [0.2, 0.25) is 0 Å². The number of hydrogen-bond acceptors (Lipinski definition) is 6. The van der Waals surface area contributed by atoms with Gasteiger partial charge in [0.05, 0.1) is 27.0 Å². The standard InChI is InChI=1S/C19H22N2O4S/c1-23-15-8-12(9-16(24-2)18(15)25-3)14-10-20-13-6-4-5-7-17(13)26-19(20)21(14)11-22/h8-11,19H,4-7H2,1-3H3. The van der Waals surface area contributed by atoms with Gasteiger partial charge in [0.15, 0.2) is 17.0 Å². The molecular weight excluding hydrogens is 352 g/mol. The molecule has 138 valence electrons. The normalized spacial score (nSPS) is 21.3. The number of carbonyl (C=O) groups excluding carboxylic acids is 1. The van der Waals surface area contributed by atoms with Gasteiger partial charge in [-0.25, -0.2) is 0 Å². The predicted octanol–water partition coefficient (Wildman–Crippen LogP) is 3.60. The highest BCUT2D eigenvalue weighted by Gasteiger charge is 2.42. The summed E-state index contributed by atoms with van der Waals surface area (Å²) in [4.78, 5) is 17.4. The number of carbonyl (C=O) groups is 1. The molecule has 1 unspecified atom stereocenters. The maximum Gasteiger partial charge on any atom is 0.216 e. The maximum absolute atomic E-state index is 11.9. The Hall–Kier alpha value is -2.28. The molecule has 0 saturated heterocycles. The molecule has 0 spiro atoms. The third kappa shape index (κ3) is 2.53. The molecule has 1 atom stereocenters. The summed E-state index contributed by atoms with van der Waals surface area (Å²) in [5, 5.41) is 0. The monoisotopic (exact) mass is 374 g/mol. The molecule has 0 bridgehead atoms. The predicted molar refractivity (Wildman–Crippen MR) is 101 cm³/mol. The molecule has 0 radical (unpaired) electrons. The summed E-state index contributed by atoms with van der Waals surface area (Å²) in [6.45, 7) is 0. The van der Waals surface area contributed by atoms with Gasteiger partial charge in [0.1, 0.15) is 0 Å². The first kappa shape index (κ1) is 17.1. The molecule has 0 saturated carbocycles. The summed E-state index contributed by atoms with van der Waals surface area (Å²) < 4.78 is 16.3. The van der Waals surface area contributed by atoms with Gasteiger partial charge in [-0.1, -0.05) is 11.8 Å². The van der Waals surface area contributed by atoms with Crippen LogP contribution in [0.4, 0.5) is 0 Å². The molecule has 3 aliphatic rings. The lowest BCUT2D eigenvalue weighted by Gasteiger charge is -2.25. The minimum atomic E-state index is -0.0234. The molecule has 2 aliphatic heterocycles. The van der Waals surface area contributed by atoms with Crippen LogP contribution in [0, 0.1) is 0 Å². The Morgan fingerprint density at radius 1 is 1.08 bits per heavy atom. The van der Waals surface area contributed by atoms with Gasteiger partial charge in [0.2, 0.25) is 12.2 Å². The average Bonchev–Trinajstić information content (AvgIpc) is 3.22. The number of benzene rings is 1. The first-order valence-corrected chi connectivity index (χ1v) is 9.52. The van der Waals surface area contributed by atoms with E-state index in [-0.39, 0.29) is 5.50 Å². The van der Waals surface area contributed by atoms with Crippen molar-refractivity contribution in [2.24, 2.45) is 0 Å². The second-order valence-electron chi connectivity index (χ2n) is 6.37. The molecule has 0 fully saturated rings. The lowest BCUT2D eigenvalue weighted by Crippen LogP contribution is -2.32. The number of hydrogen-bond donors (Lipinski definition) is 0. The molecular formula is C19H22N2O4S. The van der Waals surface area contributed by atoms with Crippen LogP contribution in [-0.2, 0) is 4.79 Å². The number of nitrogens with zero attached hydrogens (tertiary/aromatic N) is 2. The molecule has 0 N–H and O–H groups in total. The molecule has 1 aromatic rings. The van der Waals surface area contributed by atoms with Crippen LogP contribution in [0.3, 0.4) is 0 Å². The van der Waals surface area contributed by atoms with Crippen molar-refractivity contribution >= 4 is 23.9 Å². The molecule has 7 heteroatoms. The van der Waals surface area contributed by atoms with Crippen LogP contribution in [0.15, 0.2) is 28.9 Å². The number of rotatable bonds is 5. The summed E-state index contributed by atoms with van der Waals surface area (Å²) in [6.07, 6.45) is 7.61. The number of amides is 1. The highest BCUT2D eigenvalue weighted by Crippen LogP contribution is 2.52. The first-order valence-electron chi connectivity index (χ1n) is 8.64. The highest BCUT2D eigenvalue weighted by molar-refractivity contribution is 8.03. The van der Waals surface area contributed by atoms with Gasteiger partial charge in [-0.05, 0) is 37.8 Å². The Morgan fingerprint density at radius 2 is 1.77 bits per heavy atom. The lowest BCUT2D eigenvalue weighted by atomic mass is 10.0. The van der Waals surface area contributed by atoms with E-state index in [1.165, 1.54) is 23.4 Å². The van der Waals surface area contributed by atoms with Crippen molar-refractivity contribution in [3.8, 4) is 17.2 Å². The van der Waals surface area contributed by atoms with Crippen LogP contribution in [0.25, 0.3) is 5.70 Å². The van der Waals surface area contributed by atoms with Crippen LogP contribution < -0.4 is 14.2 Å². The summed E-state index contributed by atoms with van der Waals surface area (Å²) in [5.41, 5.74) is 3.04. The molecule has 2 heterocycles. The van der Waals surface area contributed by atoms with Gasteiger partial charge in [0.25, 0.3) is 0 Å². The lowest BCUT2D eigenvalue weighted by molar-refractivity contribution is -0.116. The van der Waals surface area contributed by atoms with Crippen LogP contribution in [-0.4, -0.2) is 43.0 Å². The Kier molecular flexibility index (Phi) is 4.48. The van der Waals surface area contributed by atoms with Gasteiger partial charge in [-0.15, -0.1) is 0 Å². The molecule has 6 nitrogen and oxygen atoms in total. The minimum Gasteiger partial charge on any atom is -0.493 e. The average molecular weight is 374 g/mol. The SMILES string of the molecule is COc1cc(C2=CN3C4=C(CCCC4)SC3N2C=O)cc(OC)c1OC. The number of methoxy groups -OCH3 is 3. The number of fused-ring (bicyclic) bond motifs is 2. The van der Waals surface area contributed by atoms with Gasteiger partial charge in [-0.3, -0.25) is 9.69 Å². The molecule has 1 aliphatic carbocycles. The van der Waals surface area contributed by atoms with E-state index >= 15 is 0 Å². The first-order chi connectivity index (χ1) is 12.7. The zero-order valence-corrected chi connectivity index (χ0v) is 16.0. The topological polar surface area (TPSA) is 51.2 Å². The van der Waals surface area contributed by atoms with Crippen molar-refractivity contribution in [1.82, 2.24) is 9.80 Å². The van der Waals surface area contributed by atoms with Gasteiger partial charge < -0.3 is 19.1 Å². The quantitative estimate of drug-likeness (QED) is 0.734. The van der Waals surface area contributed by atoms with E-state index in [0.29, 0.717) is 17.2 Å². The fraction of sp³-hybridized carbons (Fsp3) is 0.421. The maximum atomic E-state index is 11.9. The summed E-state index contributed by atoms with van der Waals surface area (Å²) >= 11 is 1.78. The second kappa shape index (κ2) is 6.79. The molecule has 26 heavy (non-hydrogen) atoms. The number of allylic oxidation sites excluding steroid dienone is 2. The van der Waals surface area contributed by atoms with Crippen molar-refractivity contribution in [3.63, 3.8) is 0 Å². The molecule has 1 aromatic carbocycles. The Bertz CT molecular complexity index is 780. The van der Waals surface area contributed by atoms with Crippen molar-refractivity contribution in [3.05, 3.63) is 34.5 Å². The van der Waals surface area contributed by atoms with E-state index in [4.69, 9.17) is 14.2 Å². The third-order valence-corrected chi connectivity index (χ3v) is 6.43. The fourth-order valence-electron chi connectivity index (χ4n) is 3.79. The number of ether oxygens (including phenoxy) is 3. The smallest absolute Gasteiger partial charge is 0.216 e. The van der Waals surface area contributed by atoms with E-state index in [1.807, 2.05) is 12.1 Å². The highest BCUT2D eigenvalue weighted by atomic mass is 32.2. The zero-order chi connectivity index (χ0) is 18.3. The minimum absolute atomic E-state index is 0.0234. The van der Waals surface area contributed by atoms with Crippen molar-refractivity contribution in [2.75, 3.05) is 21.3 Å². The van der Waals surface area contributed by atoms with Crippen molar-refractivity contribution in [1.29, 1.82) is 0 Å². The Morgan fingerprint density at radius 3 is 2.38 bits per heavy atom. The summed E-state index contributed by atoms with van der Waals surface area (Å²) in [6, 6.07) is 3.76. The van der Waals surface area contributed by atoms with E-state index < -0.39 is 0 Å². The second-order valence-corrected chi connectivity index (χ2v) is 7.52. The summed E-state index contributed by atoms with van der Waals surface area (Å²) in [7, 11) is 4.76. The Balaban J connectivity index is 1.77. The van der Waals surface area contributed by atoms with Crippen molar-refractivity contribution < 1.29 is 19.0 Å². The number of thioether (sulfide) groups is 1. The summed E-state index contributed by atoms with van der Waals surface area (Å²) in [5.74, 6) is 1.69. The van der Waals surface area contributed by atoms with Crippen molar-refractivity contribution in [2.45, 2.75) is 31.2 Å². The zero-order valence-electron chi connectivity index (χ0n) is 15.2. The Labute approximate surface area is 157 Å². The fourth-order valence-corrected chi connectivity index (χ4v) is 5.23. The van der Waals surface area contributed by atoms with E-state index in [9.17, 15) is 4.79 Å². The van der Waals surface area contributed by atoms with Gasteiger partial charge in [-0.2, -0.15) is 0 Å². The molecule has 0 aromatic heterocycles. The third-order valence-electron chi connectivity index (χ3n) is 5.04.